The largest absolute Gasteiger partial charge is 0.196 e. The van der Waals surface area contributed by atoms with E-state index in [1.54, 1.807) is 0 Å². The standard InChI is InChI=1S/C21H20N4/c1-4-13-7-14-8-17-19(18(14)16(6-3)15(13)5-2)21(11-24,12-25)20(17,9-22)10-23/h7,17,19H,4-6,8H2,1-3H3/t17-,19-/m1/s1. The molecule has 2 atom stereocenters. The van der Waals surface area contributed by atoms with Crippen LogP contribution in [-0.4, -0.2) is 0 Å². The monoisotopic (exact) mass is 328 g/mol. The lowest BCUT2D eigenvalue weighted by atomic mass is 9.40. The molecule has 1 saturated carbocycles. The van der Waals surface area contributed by atoms with Crippen LogP contribution in [0.2, 0.25) is 0 Å². The first-order valence-corrected chi connectivity index (χ1v) is 8.86. The molecule has 0 heterocycles. The Morgan fingerprint density at radius 3 is 1.88 bits per heavy atom. The second-order valence-electron chi connectivity index (χ2n) is 6.98. The molecule has 0 aliphatic heterocycles. The number of hydrogen-bond donors (Lipinski definition) is 0. The molecule has 0 saturated heterocycles. The summed E-state index contributed by atoms with van der Waals surface area (Å²) in [6.45, 7) is 6.36. The van der Waals surface area contributed by atoms with Crippen LogP contribution in [0.5, 0.6) is 0 Å². The van der Waals surface area contributed by atoms with Gasteiger partial charge in [0.05, 0.1) is 24.3 Å². The Bertz CT molecular complexity index is 886. The van der Waals surface area contributed by atoms with Gasteiger partial charge in [0.25, 0.3) is 0 Å². The lowest BCUT2D eigenvalue weighted by Crippen LogP contribution is -2.60. The van der Waals surface area contributed by atoms with Gasteiger partial charge in [-0.15, -0.1) is 0 Å². The minimum absolute atomic E-state index is 0.265. The Balaban J connectivity index is 2.33. The maximum absolute atomic E-state index is 9.82. The van der Waals surface area contributed by atoms with Gasteiger partial charge in [0, 0.05) is 11.8 Å². The molecular weight excluding hydrogens is 308 g/mol. The number of nitrogens with zero attached hydrogens (tertiary/aromatic N) is 4. The molecule has 0 amide bonds. The number of rotatable bonds is 3. The first kappa shape index (κ1) is 17.0. The third-order valence-corrected chi connectivity index (χ3v) is 6.36. The second-order valence-corrected chi connectivity index (χ2v) is 6.98. The summed E-state index contributed by atoms with van der Waals surface area (Å²) in [4.78, 5) is 0. The zero-order chi connectivity index (χ0) is 18.4. The summed E-state index contributed by atoms with van der Waals surface area (Å²) in [6.07, 6.45) is 3.28. The van der Waals surface area contributed by atoms with Crippen LogP contribution in [0.25, 0.3) is 0 Å². The van der Waals surface area contributed by atoms with Crippen LogP contribution in [0.4, 0.5) is 0 Å². The average Bonchev–Trinajstić information content (AvgIpc) is 2.99. The molecule has 0 bridgehead atoms. The molecule has 1 aromatic carbocycles. The van der Waals surface area contributed by atoms with E-state index < -0.39 is 10.8 Å². The van der Waals surface area contributed by atoms with Crippen molar-refractivity contribution in [3.8, 4) is 24.3 Å². The van der Waals surface area contributed by atoms with E-state index >= 15 is 0 Å². The van der Waals surface area contributed by atoms with E-state index in [1.165, 1.54) is 16.7 Å². The van der Waals surface area contributed by atoms with E-state index in [9.17, 15) is 21.0 Å². The predicted molar refractivity (Wildman–Crippen MR) is 91.8 cm³/mol. The van der Waals surface area contributed by atoms with Gasteiger partial charge in [-0.3, -0.25) is 0 Å². The van der Waals surface area contributed by atoms with Crippen LogP contribution in [0, 0.1) is 62.1 Å². The van der Waals surface area contributed by atoms with Gasteiger partial charge in [0.15, 0.2) is 10.8 Å². The van der Waals surface area contributed by atoms with Gasteiger partial charge in [0.1, 0.15) is 0 Å². The molecule has 0 unspecified atom stereocenters. The average molecular weight is 328 g/mol. The fraction of sp³-hybridized carbons (Fsp3) is 0.524. The van der Waals surface area contributed by atoms with Crippen molar-refractivity contribution in [3.63, 3.8) is 0 Å². The van der Waals surface area contributed by atoms with Gasteiger partial charge in [0.2, 0.25) is 0 Å². The first-order chi connectivity index (χ1) is 12.0. The lowest BCUT2D eigenvalue weighted by molar-refractivity contribution is 0.00946. The van der Waals surface area contributed by atoms with Gasteiger partial charge in [-0.25, -0.2) is 0 Å². The van der Waals surface area contributed by atoms with Crippen molar-refractivity contribution in [3.05, 3.63) is 33.9 Å². The van der Waals surface area contributed by atoms with Gasteiger partial charge in [-0.2, -0.15) is 21.0 Å². The molecule has 0 N–H and O–H groups in total. The molecule has 124 valence electrons. The van der Waals surface area contributed by atoms with E-state index in [-0.39, 0.29) is 11.8 Å². The second kappa shape index (κ2) is 5.62. The third-order valence-electron chi connectivity index (χ3n) is 6.36. The van der Waals surface area contributed by atoms with E-state index in [0.29, 0.717) is 6.42 Å². The van der Waals surface area contributed by atoms with E-state index in [1.807, 2.05) is 0 Å². The zero-order valence-corrected chi connectivity index (χ0v) is 14.8. The van der Waals surface area contributed by atoms with Crippen molar-refractivity contribution in [2.24, 2.45) is 16.7 Å². The molecule has 3 rings (SSSR count). The number of benzene rings is 1. The Labute approximate surface area is 148 Å². The summed E-state index contributed by atoms with van der Waals surface area (Å²) < 4.78 is 0. The number of nitriles is 4. The Hall–Kier alpha value is -2.82. The maximum atomic E-state index is 9.82. The van der Waals surface area contributed by atoms with Gasteiger partial charge >= 0.3 is 0 Å². The molecule has 4 heteroatoms. The van der Waals surface area contributed by atoms with Crippen LogP contribution in [0.3, 0.4) is 0 Å². The van der Waals surface area contributed by atoms with Gasteiger partial charge in [-0.1, -0.05) is 26.8 Å². The highest BCUT2D eigenvalue weighted by atomic mass is 14.7. The highest BCUT2D eigenvalue weighted by molar-refractivity contribution is 5.61. The highest BCUT2D eigenvalue weighted by Gasteiger charge is 2.77. The molecular formula is C21H20N4. The van der Waals surface area contributed by atoms with Gasteiger partial charge in [-0.05, 0) is 53.5 Å². The minimum Gasteiger partial charge on any atom is -0.196 e. The summed E-state index contributed by atoms with van der Waals surface area (Å²) in [5.74, 6) is -0.595. The van der Waals surface area contributed by atoms with Crippen LogP contribution in [0.1, 0.15) is 54.5 Å². The van der Waals surface area contributed by atoms with Crippen LogP contribution in [-0.2, 0) is 25.7 Å². The summed E-state index contributed by atoms with van der Waals surface area (Å²) in [5.41, 5.74) is 2.93. The Morgan fingerprint density at radius 1 is 0.880 bits per heavy atom. The van der Waals surface area contributed by atoms with Crippen LogP contribution >= 0.6 is 0 Å². The molecule has 2 aliphatic rings. The number of fused-ring (bicyclic) bond motifs is 3. The first-order valence-electron chi connectivity index (χ1n) is 8.86. The minimum atomic E-state index is -1.57. The molecule has 4 nitrogen and oxygen atoms in total. The van der Waals surface area contributed by atoms with Crippen molar-refractivity contribution < 1.29 is 0 Å². The fourth-order valence-electron chi connectivity index (χ4n) is 5.27. The molecule has 25 heavy (non-hydrogen) atoms. The third kappa shape index (κ3) is 1.68. The fourth-order valence-corrected chi connectivity index (χ4v) is 5.27. The Morgan fingerprint density at radius 2 is 1.44 bits per heavy atom. The summed E-state index contributed by atoms with van der Waals surface area (Å²) >= 11 is 0. The highest BCUT2D eigenvalue weighted by Crippen LogP contribution is 2.72. The summed E-state index contributed by atoms with van der Waals surface area (Å²) in [5, 5.41) is 39.1. The molecule has 0 radical (unpaired) electrons. The number of hydrogen-bond acceptors (Lipinski definition) is 4. The lowest BCUT2D eigenvalue weighted by Gasteiger charge is -2.53. The zero-order valence-electron chi connectivity index (χ0n) is 14.8. The molecule has 1 fully saturated rings. The van der Waals surface area contributed by atoms with Crippen LogP contribution in [0.15, 0.2) is 6.07 Å². The molecule has 2 aliphatic carbocycles. The van der Waals surface area contributed by atoms with Crippen LogP contribution < -0.4 is 0 Å². The molecule has 1 aromatic rings. The predicted octanol–water partition coefficient (Wildman–Crippen LogP) is 3.71. The molecule has 0 aromatic heterocycles. The van der Waals surface area contributed by atoms with E-state index in [4.69, 9.17) is 0 Å². The molecule has 0 spiro atoms. The summed E-state index contributed by atoms with van der Waals surface area (Å²) in [6, 6.07) is 10.5. The van der Waals surface area contributed by atoms with Crippen molar-refractivity contribution in [1.82, 2.24) is 0 Å². The maximum Gasteiger partial charge on any atom is 0.182 e. The SMILES string of the molecule is CCc1cc2c(c(CC)c1CC)[C@H]1[C@@H](C2)C(C#N)(C#N)C1(C#N)C#N. The normalized spacial score (nSPS) is 23.8. The summed E-state index contributed by atoms with van der Waals surface area (Å²) in [7, 11) is 0. The van der Waals surface area contributed by atoms with Crippen molar-refractivity contribution in [2.75, 3.05) is 0 Å². The van der Waals surface area contributed by atoms with Gasteiger partial charge < -0.3 is 0 Å². The Kier molecular flexibility index (Phi) is 3.82. The van der Waals surface area contributed by atoms with Crippen molar-refractivity contribution in [1.29, 1.82) is 21.0 Å². The van der Waals surface area contributed by atoms with E-state index in [0.717, 1.165) is 30.4 Å². The topological polar surface area (TPSA) is 95.2 Å². The number of aryl methyl sites for hydroxylation is 1. The quantitative estimate of drug-likeness (QED) is 0.845. The van der Waals surface area contributed by atoms with Crippen molar-refractivity contribution in [2.45, 2.75) is 52.4 Å². The van der Waals surface area contributed by atoms with E-state index in [2.05, 4.69) is 51.1 Å². The van der Waals surface area contributed by atoms with Crippen molar-refractivity contribution >= 4 is 0 Å². The smallest absolute Gasteiger partial charge is 0.182 e.